The molecule has 0 fully saturated rings. The molecule has 0 aromatic heterocycles. The number of ether oxygens (including phenoxy) is 1. The lowest BCUT2D eigenvalue weighted by atomic mass is 10.1. The predicted molar refractivity (Wildman–Crippen MR) is 104 cm³/mol. The molecule has 0 atom stereocenters. The second kappa shape index (κ2) is 8.95. The minimum atomic E-state index is -0.624. The number of rotatable bonds is 6. The summed E-state index contributed by atoms with van der Waals surface area (Å²) in [7, 11) is 1.68. The summed E-state index contributed by atoms with van der Waals surface area (Å²) >= 11 is 0. The van der Waals surface area contributed by atoms with Gasteiger partial charge in [-0.05, 0) is 35.4 Å². The third kappa shape index (κ3) is 4.82. The van der Waals surface area contributed by atoms with Crippen LogP contribution >= 0.6 is 0 Å². The molecule has 0 unspecified atom stereocenters. The Morgan fingerprint density at radius 3 is 2.21 bits per heavy atom. The van der Waals surface area contributed by atoms with Crippen molar-refractivity contribution in [3.05, 3.63) is 107 Å². The Morgan fingerprint density at radius 2 is 1.50 bits per heavy atom. The van der Waals surface area contributed by atoms with Gasteiger partial charge in [0.15, 0.2) is 0 Å². The molecule has 0 radical (unpaired) electrons. The van der Waals surface area contributed by atoms with Crippen LogP contribution < -0.4 is 0 Å². The van der Waals surface area contributed by atoms with Gasteiger partial charge in [0.05, 0.1) is 11.1 Å². The van der Waals surface area contributed by atoms with Crippen LogP contribution in [-0.2, 0) is 17.9 Å². The van der Waals surface area contributed by atoms with Crippen LogP contribution in [0, 0.1) is 5.82 Å². The summed E-state index contributed by atoms with van der Waals surface area (Å²) in [5, 5.41) is 0. The summed E-state index contributed by atoms with van der Waals surface area (Å²) in [5.74, 6) is -1.30. The average Bonchev–Trinajstić information content (AvgIpc) is 2.72. The maximum absolute atomic E-state index is 13.3. The van der Waals surface area contributed by atoms with Crippen molar-refractivity contribution < 1.29 is 18.7 Å². The monoisotopic (exact) mass is 377 g/mol. The fourth-order valence-corrected chi connectivity index (χ4v) is 2.84. The van der Waals surface area contributed by atoms with E-state index in [1.165, 1.54) is 12.1 Å². The van der Waals surface area contributed by atoms with Gasteiger partial charge >= 0.3 is 5.97 Å². The van der Waals surface area contributed by atoms with Crippen LogP contribution in [0.1, 0.15) is 31.8 Å². The van der Waals surface area contributed by atoms with Crippen molar-refractivity contribution in [2.24, 2.45) is 0 Å². The highest BCUT2D eigenvalue weighted by Crippen LogP contribution is 2.16. The summed E-state index contributed by atoms with van der Waals surface area (Å²) in [6.07, 6.45) is 0. The van der Waals surface area contributed by atoms with E-state index in [2.05, 4.69) is 0 Å². The minimum Gasteiger partial charge on any atom is -0.457 e. The summed E-state index contributed by atoms with van der Waals surface area (Å²) < 4.78 is 18.5. The van der Waals surface area contributed by atoms with Gasteiger partial charge in [-0.25, -0.2) is 9.18 Å². The number of carbonyl (C=O) groups is 2. The van der Waals surface area contributed by atoms with Gasteiger partial charge in [-0.15, -0.1) is 0 Å². The van der Waals surface area contributed by atoms with Gasteiger partial charge in [0.1, 0.15) is 12.4 Å². The zero-order valence-corrected chi connectivity index (χ0v) is 15.5. The van der Waals surface area contributed by atoms with Crippen molar-refractivity contribution in [1.82, 2.24) is 4.90 Å². The van der Waals surface area contributed by atoms with E-state index in [1.807, 2.05) is 30.3 Å². The van der Waals surface area contributed by atoms with E-state index < -0.39 is 11.8 Å². The van der Waals surface area contributed by atoms with Crippen molar-refractivity contribution in [3.8, 4) is 0 Å². The standard InChI is InChI=1S/C23H20FNO3/c1-25(15-17-8-3-2-4-9-17)22(26)20-12-5-6-13-21(20)23(27)28-16-18-10-7-11-19(24)14-18/h2-14H,15-16H2,1H3. The molecule has 0 N–H and O–H groups in total. The van der Waals surface area contributed by atoms with E-state index in [0.717, 1.165) is 5.56 Å². The third-order valence-electron chi connectivity index (χ3n) is 4.25. The first-order valence-electron chi connectivity index (χ1n) is 8.84. The Morgan fingerprint density at radius 1 is 0.857 bits per heavy atom. The van der Waals surface area contributed by atoms with Gasteiger partial charge in [0, 0.05) is 13.6 Å². The van der Waals surface area contributed by atoms with E-state index >= 15 is 0 Å². The van der Waals surface area contributed by atoms with Crippen molar-refractivity contribution >= 4 is 11.9 Å². The minimum absolute atomic E-state index is 0.0705. The highest BCUT2D eigenvalue weighted by Gasteiger charge is 2.20. The molecule has 0 aliphatic carbocycles. The molecule has 1 amide bonds. The number of halogens is 1. The van der Waals surface area contributed by atoms with Crippen molar-refractivity contribution in [3.63, 3.8) is 0 Å². The van der Waals surface area contributed by atoms with E-state index in [-0.39, 0.29) is 23.6 Å². The summed E-state index contributed by atoms with van der Waals surface area (Å²) in [5.41, 5.74) is 1.98. The molecule has 0 spiro atoms. The average molecular weight is 377 g/mol. The predicted octanol–water partition coefficient (Wildman–Crippen LogP) is 4.45. The van der Waals surface area contributed by atoms with Crippen LogP contribution in [0.2, 0.25) is 0 Å². The lowest BCUT2D eigenvalue weighted by Crippen LogP contribution is -2.28. The quantitative estimate of drug-likeness (QED) is 0.596. The normalized spacial score (nSPS) is 10.4. The molecule has 28 heavy (non-hydrogen) atoms. The van der Waals surface area contributed by atoms with Crippen LogP contribution in [-0.4, -0.2) is 23.8 Å². The molecule has 142 valence electrons. The zero-order valence-electron chi connectivity index (χ0n) is 15.5. The van der Waals surface area contributed by atoms with Gasteiger partial charge in [0.25, 0.3) is 5.91 Å². The molecular weight excluding hydrogens is 357 g/mol. The van der Waals surface area contributed by atoms with Crippen LogP contribution in [0.25, 0.3) is 0 Å². The molecule has 3 aromatic carbocycles. The molecule has 3 rings (SSSR count). The Bertz CT molecular complexity index is 972. The Balaban J connectivity index is 1.72. The third-order valence-corrected chi connectivity index (χ3v) is 4.25. The van der Waals surface area contributed by atoms with Gasteiger partial charge in [0.2, 0.25) is 0 Å². The van der Waals surface area contributed by atoms with E-state index in [0.29, 0.717) is 12.1 Å². The fraction of sp³-hybridized carbons (Fsp3) is 0.130. The van der Waals surface area contributed by atoms with Crippen LogP contribution in [0.15, 0.2) is 78.9 Å². The Hall–Kier alpha value is -3.47. The number of amides is 1. The van der Waals surface area contributed by atoms with Crippen molar-refractivity contribution in [2.75, 3.05) is 7.05 Å². The van der Waals surface area contributed by atoms with E-state index in [9.17, 15) is 14.0 Å². The lowest BCUT2D eigenvalue weighted by Gasteiger charge is -2.19. The molecule has 4 nitrogen and oxygen atoms in total. The van der Waals surface area contributed by atoms with Crippen LogP contribution in [0.4, 0.5) is 4.39 Å². The molecule has 0 aliphatic rings. The first-order chi connectivity index (χ1) is 13.5. The summed E-state index contributed by atoms with van der Waals surface area (Å²) in [4.78, 5) is 26.9. The van der Waals surface area contributed by atoms with Gasteiger partial charge in [-0.2, -0.15) is 0 Å². The molecule has 0 bridgehead atoms. The molecule has 0 heterocycles. The van der Waals surface area contributed by atoms with Crippen LogP contribution in [0.3, 0.4) is 0 Å². The van der Waals surface area contributed by atoms with Gasteiger partial charge < -0.3 is 9.64 Å². The number of benzene rings is 3. The second-order valence-electron chi connectivity index (χ2n) is 6.40. The van der Waals surface area contributed by atoms with Gasteiger partial charge in [-0.1, -0.05) is 54.6 Å². The SMILES string of the molecule is CN(Cc1ccccc1)C(=O)c1ccccc1C(=O)OCc1cccc(F)c1. The number of hydrogen-bond acceptors (Lipinski definition) is 3. The molecular formula is C23H20FNO3. The van der Waals surface area contributed by atoms with E-state index in [1.54, 1.807) is 48.3 Å². The topological polar surface area (TPSA) is 46.6 Å². The Labute approximate surface area is 163 Å². The number of hydrogen-bond donors (Lipinski definition) is 0. The molecule has 3 aromatic rings. The van der Waals surface area contributed by atoms with E-state index in [4.69, 9.17) is 4.74 Å². The maximum atomic E-state index is 13.3. The highest BCUT2D eigenvalue weighted by atomic mass is 19.1. The number of carbonyl (C=O) groups excluding carboxylic acids is 2. The second-order valence-corrected chi connectivity index (χ2v) is 6.40. The summed E-state index contributed by atoms with van der Waals surface area (Å²) in [6.45, 7) is 0.353. The highest BCUT2D eigenvalue weighted by molar-refractivity contribution is 6.05. The summed E-state index contributed by atoms with van der Waals surface area (Å²) in [6, 6.07) is 22.0. The first kappa shape index (κ1) is 19.3. The maximum Gasteiger partial charge on any atom is 0.339 e. The number of nitrogens with zero attached hydrogens (tertiary/aromatic N) is 1. The lowest BCUT2D eigenvalue weighted by molar-refractivity contribution is 0.0466. The molecule has 5 heteroatoms. The van der Waals surface area contributed by atoms with Crippen molar-refractivity contribution in [2.45, 2.75) is 13.2 Å². The fourth-order valence-electron chi connectivity index (χ4n) is 2.84. The largest absolute Gasteiger partial charge is 0.457 e. The zero-order chi connectivity index (χ0) is 19.9. The molecule has 0 saturated heterocycles. The molecule has 0 aliphatic heterocycles. The first-order valence-corrected chi connectivity index (χ1v) is 8.84. The number of esters is 1. The Kier molecular flexibility index (Phi) is 6.17. The van der Waals surface area contributed by atoms with Crippen molar-refractivity contribution in [1.29, 1.82) is 0 Å². The smallest absolute Gasteiger partial charge is 0.339 e. The molecule has 0 saturated carbocycles. The van der Waals surface area contributed by atoms with Crippen LogP contribution in [0.5, 0.6) is 0 Å². The van der Waals surface area contributed by atoms with Gasteiger partial charge in [-0.3, -0.25) is 4.79 Å².